The second-order valence-corrected chi connectivity index (χ2v) is 6.81. The SMILES string of the molecule is FC(F)Oc1ccccc1[C@@H]1CCc2nc3ccc(-c4cccnc4)cc3n21. The van der Waals surface area contributed by atoms with Gasteiger partial charge in [0.1, 0.15) is 11.6 Å². The van der Waals surface area contributed by atoms with Crippen LogP contribution < -0.4 is 4.74 Å². The lowest BCUT2D eigenvalue weighted by Gasteiger charge is -2.19. The summed E-state index contributed by atoms with van der Waals surface area (Å²) in [6, 6.07) is 17.0. The Balaban J connectivity index is 1.64. The number of hydrogen-bond donors (Lipinski definition) is 0. The van der Waals surface area contributed by atoms with Crippen LogP contribution in [0.25, 0.3) is 22.2 Å². The molecule has 28 heavy (non-hydrogen) atoms. The Kier molecular flexibility index (Phi) is 4.04. The Labute approximate surface area is 160 Å². The van der Waals surface area contributed by atoms with Crippen molar-refractivity contribution in [1.29, 1.82) is 0 Å². The van der Waals surface area contributed by atoms with E-state index in [0.29, 0.717) is 0 Å². The van der Waals surface area contributed by atoms with Crippen LogP contribution in [0, 0.1) is 0 Å². The number of ether oxygens (including phenoxy) is 1. The fourth-order valence-corrected chi connectivity index (χ4v) is 4.03. The molecule has 1 aliphatic heterocycles. The van der Waals surface area contributed by atoms with E-state index >= 15 is 0 Å². The van der Waals surface area contributed by atoms with Gasteiger partial charge in [-0.1, -0.05) is 30.3 Å². The van der Waals surface area contributed by atoms with Gasteiger partial charge >= 0.3 is 6.61 Å². The first-order valence-corrected chi connectivity index (χ1v) is 9.16. The van der Waals surface area contributed by atoms with E-state index in [2.05, 4.69) is 15.6 Å². The van der Waals surface area contributed by atoms with Gasteiger partial charge in [0.2, 0.25) is 0 Å². The third-order valence-corrected chi connectivity index (χ3v) is 5.20. The van der Waals surface area contributed by atoms with Crippen LogP contribution in [0.5, 0.6) is 5.75 Å². The maximum Gasteiger partial charge on any atom is 0.387 e. The van der Waals surface area contributed by atoms with Crippen LogP contribution in [0.3, 0.4) is 0 Å². The molecule has 1 aliphatic rings. The molecule has 0 bridgehead atoms. The molecule has 6 heteroatoms. The molecular formula is C22H17F2N3O. The van der Waals surface area contributed by atoms with E-state index in [1.165, 1.54) is 0 Å². The van der Waals surface area contributed by atoms with Crippen molar-refractivity contribution in [3.8, 4) is 16.9 Å². The summed E-state index contributed by atoms with van der Waals surface area (Å²) >= 11 is 0. The van der Waals surface area contributed by atoms with E-state index in [0.717, 1.165) is 46.4 Å². The number of fused-ring (bicyclic) bond motifs is 3. The lowest BCUT2D eigenvalue weighted by atomic mass is 10.0. The molecule has 0 radical (unpaired) electrons. The molecule has 0 fully saturated rings. The summed E-state index contributed by atoms with van der Waals surface area (Å²) in [6.45, 7) is -2.85. The number of alkyl halides is 2. The summed E-state index contributed by atoms with van der Waals surface area (Å²) in [7, 11) is 0. The molecule has 2 aromatic heterocycles. The summed E-state index contributed by atoms with van der Waals surface area (Å²) < 4.78 is 32.7. The highest BCUT2D eigenvalue weighted by Gasteiger charge is 2.29. The first-order chi connectivity index (χ1) is 13.7. The summed E-state index contributed by atoms with van der Waals surface area (Å²) in [5.41, 5.74) is 4.72. The van der Waals surface area contributed by atoms with Crippen molar-refractivity contribution in [2.75, 3.05) is 0 Å². The Morgan fingerprint density at radius 2 is 1.93 bits per heavy atom. The van der Waals surface area contributed by atoms with Crippen LogP contribution in [0.4, 0.5) is 8.78 Å². The molecule has 4 nitrogen and oxygen atoms in total. The average molecular weight is 377 g/mol. The number of aromatic nitrogens is 3. The zero-order chi connectivity index (χ0) is 19.1. The molecule has 0 saturated carbocycles. The Bertz CT molecular complexity index is 1140. The van der Waals surface area contributed by atoms with Gasteiger partial charge in [0, 0.05) is 29.9 Å². The predicted octanol–water partition coefficient (Wildman–Crippen LogP) is 5.24. The lowest BCUT2D eigenvalue weighted by molar-refractivity contribution is -0.0506. The second-order valence-electron chi connectivity index (χ2n) is 6.81. The fraction of sp³-hybridized carbons (Fsp3) is 0.182. The van der Waals surface area contributed by atoms with Gasteiger partial charge in [-0.15, -0.1) is 0 Å². The molecule has 2 aromatic carbocycles. The maximum absolute atomic E-state index is 12.9. The van der Waals surface area contributed by atoms with Crippen LogP contribution in [-0.4, -0.2) is 21.1 Å². The fourth-order valence-electron chi connectivity index (χ4n) is 4.03. The number of rotatable bonds is 4. The molecule has 0 spiro atoms. The first-order valence-electron chi connectivity index (χ1n) is 9.16. The van der Waals surface area contributed by atoms with Crippen molar-refractivity contribution in [2.45, 2.75) is 25.5 Å². The average Bonchev–Trinajstić information content (AvgIpc) is 3.27. The summed E-state index contributed by atoms with van der Waals surface area (Å²) in [5, 5.41) is 0. The summed E-state index contributed by atoms with van der Waals surface area (Å²) in [5.74, 6) is 1.19. The van der Waals surface area contributed by atoms with Gasteiger partial charge in [-0.25, -0.2) is 4.98 Å². The molecule has 4 aromatic rings. The number of benzene rings is 2. The highest BCUT2D eigenvalue weighted by molar-refractivity contribution is 5.83. The van der Waals surface area contributed by atoms with E-state index in [4.69, 9.17) is 9.72 Å². The number of para-hydroxylation sites is 1. The first kappa shape index (κ1) is 16.9. The van der Waals surface area contributed by atoms with Crippen molar-refractivity contribution in [1.82, 2.24) is 14.5 Å². The quantitative estimate of drug-likeness (QED) is 0.489. The van der Waals surface area contributed by atoms with E-state index in [9.17, 15) is 8.78 Å². The smallest absolute Gasteiger partial charge is 0.387 e. The van der Waals surface area contributed by atoms with Gasteiger partial charge in [-0.05, 0) is 36.2 Å². The Morgan fingerprint density at radius 1 is 1.04 bits per heavy atom. The third kappa shape index (κ3) is 2.81. The molecule has 0 N–H and O–H groups in total. The highest BCUT2D eigenvalue weighted by atomic mass is 19.3. The molecule has 5 rings (SSSR count). The zero-order valence-electron chi connectivity index (χ0n) is 14.9. The van der Waals surface area contributed by atoms with E-state index in [1.54, 1.807) is 18.3 Å². The van der Waals surface area contributed by atoms with Crippen molar-refractivity contribution < 1.29 is 13.5 Å². The van der Waals surface area contributed by atoms with Gasteiger partial charge in [0.15, 0.2) is 0 Å². The van der Waals surface area contributed by atoms with E-state index in [1.807, 2.05) is 42.6 Å². The number of aryl methyl sites for hydroxylation is 1. The van der Waals surface area contributed by atoms with E-state index < -0.39 is 6.61 Å². The second kappa shape index (κ2) is 6.71. The van der Waals surface area contributed by atoms with Crippen molar-refractivity contribution in [3.63, 3.8) is 0 Å². The van der Waals surface area contributed by atoms with Crippen molar-refractivity contribution >= 4 is 11.0 Å². The highest BCUT2D eigenvalue weighted by Crippen LogP contribution is 2.40. The largest absolute Gasteiger partial charge is 0.434 e. The molecule has 0 amide bonds. The number of hydrogen-bond acceptors (Lipinski definition) is 3. The number of nitrogens with zero attached hydrogens (tertiary/aromatic N) is 3. The maximum atomic E-state index is 12.9. The zero-order valence-corrected chi connectivity index (χ0v) is 14.9. The number of pyridine rings is 1. The third-order valence-electron chi connectivity index (χ3n) is 5.20. The molecule has 0 unspecified atom stereocenters. The molecule has 0 saturated heterocycles. The molecule has 1 atom stereocenters. The van der Waals surface area contributed by atoms with Gasteiger partial charge in [-0.2, -0.15) is 8.78 Å². The van der Waals surface area contributed by atoms with Crippen LogP contribution in [0.1, 0.15) is 23.9 Å². The minimum atomic E-state index is -2.85. The lowest BCUT2D eigenvalue weighted by Crippen LogP contribution is -2.10. The summed E-state index contributed by atoms with van der Waals surface area (Å²) in [4.78, 5) is 8.95. The Hall–Kier alpha value is -3.28. The normalized spacial score (nSPS) is 15.9. The predicted molar refractivity (Wildman–Crippen MR) is 102 cm³/mol. The van der Waals surface area contributed by atoms with Gasteiger partial charge in [0.05, 0.1) is 17.1 Å². The standard InChI is InChI=1S/C22H17F2N3O/c23-22(24)28-20-6-2-1-5-16(20)18-9-10-21-26-17-8-7-14(12-19(17)27(18)21)15-4-3-11-25-13-15/h1-8,11-13,18,22H,9-10H2/t18-/m0/s1. The summed E-state index contributed by atoms with van der Waals surface area (Å²) in [6.07, 6.45) is 5.17. The van der Waals surface area contributed by atoms with Crippen LogP contribution >= 0.6 is 0 Å². The minimum Gasteiger partial charge on any atom is -0.434 e. The van der Waals surface area contributed by atoms with Crippen LogP contribution in [0.2, 0.25) is 0 Å². The van der Waals surface area contributed by atoms with Gasteiger partial charge in [-0.3, -0.25) is 4.98 Å². The van der Waals surface area contributed by atoms with Crippen LogP contribution in [-0.2, 0) is 6.42 Å². The topological polar surface area (TPSA) is 39.9 Å². The van der Waals surface area contributed by atoms with Gasteiger partial charge in [0.25, 0.3) is 0 Å². The number of imidazole rings is 1. The minimum absolute atomic E-state index is 0.0842. The van der Waals surface area contributed by atoms with Gasteiger partial charge < -0.3 is 9.30 Å². The molecular weight excluding hydrogens is 360 g/mol. The Morgan fingerprint density at radius 3 is 2.75 bits per heavy atom. The molecule has 3 heterocycles. The van der Waals surface area contributed by atoms with Crippen molar-refractivity contribution in [2.24, 2.45) is 0 Å². The molecule has 0 aliphatic carbocycles. The monoisotopic (exact) mass is 377 g/mol. The number of halogens is 2. The molecule has 140 valence electrons. The van der Waals surface area contributed by atoms with Crippen LogP contribution in [0.15, 0.2) is 67.0 Å². The van der Waals surface area contributed by atoms with E-state index in [-0.39, 0.29) is 11.8 Å². The van der Waals surface area contributed by atoms with Crippen molar-refractivity contribution in [3.05, 3.63) is 78.4 Å².